The van der Waals surface area contributed by atoms with Gasteiger partial charge < -0.3 is 19.3 Å². The van der Waals surface area contributed by atoms with E-state index in [0.29, 0.717) is 24.4 Å². The Morgan fingerprint density at radius 2 is 1.82 bits per heavy atom. The van der Waals surface area contributed by atoms with Crippen LogP contribution in [0.15, 0.2) is 52.7 Å². The van der Waals surface area contributed by atoms with Gasteiger partial charge >= 0.3 is 0 Å². The van der Waals surface area contributed by atoms with Crippen LogP contribution in [0.25, 0.3) is 5.76 Å². The highest BCUT2D eigenvalue weighted by Crippen LogP contribution is 2.38. The van der Waals surface area contributed by atoms with Gasteiger partial charge in [0.15, 0.2) is 0 Å². The number of hydrogen-bond acceptors (Lipinski definition) is 4. The Bertz CT molecular complexity index is 864. The maximum atomic E-state index is 13.1. The molecule has 2 aromatic rings. The van der Waals surface area contributed by atoms with E-state index in [9.17, 15) is 14.7 Å². The summed E-state index contributed by atoms with van der Waals surface area (Å²) < 4.78 is 5.51. The molecule has 1 aromatic carbocycles. The molecule has 1 fully saturated rings. The van der Waals surface area contributed by atoms with Gasteiger partial charge in [-0.1, -0.05) is 35.6 Å². The molecule has 28 heavy (non-hydrogen) atoms. The van der Waals surface area contributed by atoms with Crippen molar-refractivity contribution in [1.29, 1.82) is 0 Å². The predicted octanol–water partition coefficient (Wildman–Crippen LogP) is 0.737. The van der Waals surface area contributed by atoms with Gasteiger partial charge in [0.1, 0.15) is 11.8 Å². The maximum absolute atomic E-state index is 13.1. The number of likely N-dealkylation sites (tertiary alicyclic amines) is 1. The molecular formula is C22H26N2O4. The lowest BCUT2D eigenvalue weighted by molar-refractivity contribution is -0.895. The molecule has 6 heteroatoms. The highest BCUT2D eigenvalue weighted by atomic mass is 16.3. The van der Waals surface area contributed by atoms with Crippen LogP contribution in [0.3, 0.4) is 0 Å². The van der Waals surface area contributed by atoms with Gasteiger partial charge in [-0.15, -0.1) is 0 Å². The number of furan rings is 1. The summed E-state index contributed by atoms with van der Waals surface area (Å²) >= 11 is 0. The maximum Gasteiger partial charge on any atom is 0.295 e. The van der Waals surface area contributed by atoms with E-state index in [1.54, 1.807) is 24.3 Å². The van der Waals surface area contributed by atoms with Gasteiger partial charge in [0.25, 0.3) is 5.91 Å². The first kappa shape index (κ1) is 19.9. The first-order chi connectivity index (χ1) is 13.5. The molecule has 1 amide bonds. The minimum Gasteiger partial charge on any atom is -0.872 e. The summed E-state index contributed by atoms with van der Waals surface area (Å²) in [5, 5.41) is 13.1. The fourth-order valence-corrected chi connectivity index (χ4v) is 3.59. The van der Waals surface area contributed by atoms with Crippen LogP contribution in [0.1, 0.15) is 36.8 Å². The molecular weight excluding hydrogens is 356 g/mol. The molecule has 6 nitrogen and oxygen atoms in total. The largest absolute Gasteiger partial charge is 0.872 e. The van der Waals surface area contributed by atoms with Crippen molar-refractivity contribution in [1.82, 2.24) is 4.90 Å². The van der Waals surface area contributed by atoms with Crippen LogP contribution in [0.4, 0.5) is 0 Å². The van der Waals surface area contributed by atoms with Crippen LogP contribution in [0.2, 0.25) is 0 Å². The molecule has 0 bridgehead atoms. The SMILES string of the molecule is CC[NH+](CC)CCN1C(=O)C(=O)/C(=C(/[O-])c2ccc(C)cc2)C1c1ccco1. The third-order valence-corrected chi connectivity index (χ3v) is 5.36. The molecule has 0 saturated carbocycles. The van der Waals surface area contributed by atoms with E-state index in [1.165, 1.54) is 16.1 Å². The van der Waals surface area contributed by atoms with Gasteiger partial charge in [-0.05, 0) is 38.5 Å². The number of likely N-dealkylation sites (N-methyl/N-ethyl adjacent to an activating group) is 1. The van der Waals surface area contributed by atoms with E-state index in [1.807, 2.05) is 19.1 Å². The topological polar surface area (TPSA) is 78.0 Å². The fourth-order valence-electron chi connectivity index (χ4n) is 3.59. The van der Waals surface area contributed by atoms with E-state index in [2.05, 4.69) is 13.8 Å². The molecule has 148 valence electrons. The van der Waals surface area contributed by atoms with Crippen molar-refractivity contribution in [2.45, 2.75) is 26.8 Å². The molecule has 1 unspecified atom stereocenters. The molecule has 0 aliphatic carbocycles. The Morgan fingerprint density at radius 3 is 2.39 bits per heavy atom. The summed E-state index contributed by atoms with van der Waals surface area (Å²) in [7, 11) is 0. The fraction of sp³-hybridized carbons (Fsp3) is 0.364. The summed E-state index contributed by atoms with van der Waals surface area (Å²) in [4.78, 5) is 28.3. The number of benzene rings is 1. The van der Waals surface area contributed by atoms with Crippen molar-refractivity contribution in [3.05, 3.63) is 65.1 Å². The van der Waals surface area contributed by atoms with Crippen molar-refractivity contribution in [2.24, 2.45) is 0 Å². The Hall–Kier alpha value is -2.86. The number of ketones is 1. The Morgan fingerprint density at radius 1 is 1.14 bits per heavy atom. The monoisotopic (exact) mass is 382 g/mol. The van der Waals surface area contributed by atoms with Gasteiger partial charge in [0.05, 0.1) is 32.4 Å². The summed E-state index contributed by atoms with van der Waals surface area (Å²) in [6.07, 6.45) is 1.49. The summed E-state index contributed by atoms with van der Waals surface area (Å²) in [5.74, 6) is -1.36. The van der Waals surface area contributed by atoms with Gasteiger partial charge in [-0.25, -0.2) is 0 Å². The average molecular weight is 382 g/mol. The molecule has 0 spiro atoms. The molecule has 0 radical (unpaired) electrons. The Labute approximate surface area is 165 Å². The predicted molar refractivity (Wildman–Crippen MR) is 103 cm³/mol. The summed E-state index contributed by atoms with van der Waals surface area (Å²) in [6.45, 7) is 9.03. The van der Waals surface area contributed by atoms with Gasteiger partial charge in [0, 0.05) is 5.57 Å². The molecule has 1 N–H and O–H groups in total. The van der Waals surface area contributed by atoms with E-state index in [-0.39, 0.29) is 5.57 Å². The van der Waals surface area contributed by atoms with Crippen molar-refractivity contribution in [2.75, 3.05) is 26.2 Å². The lowest BCUT2D eigenvalue weighted by Crippen LogP contribution is -3.12. The number of aryl methyl sites for hydroxylation is 1. The summed E-state index contributed by atoms with van der Waals surface area (Å²) in [5.41, 5.74) is 1.38. The second-order valence-electron chi connectivity index (χ2n) is 7.06. The first-order valence-electron chi connectivity index (χ1n) is 9.68. The number of carbonyl (C=O) groups excluding carboxylic acids is 2. The number of quaternary nitrogens is 1. The number of Topliss-reactive ketones (excluding diaryl/α,β-unsaturated/α-hetero) is 1. The van der Waals surface area contributed by atoms with Crippen LogP contribution < -0.4 is 10.0 Å². The minimum absolute atomic E-state index is 0.0293. The number of hydrogen-bond donors (Lipinski definition) is 1. The van der Waals surface area contributed by atoms with Crippen molar-refractivity contribution in [3.63, 3.8) is 0 Å². The molecule has 1 atom stereocenters. The van der Waals surface area contributed by atoms with Gasteiger partial charge in [-0.3, -0.25) is 9.59 Å². The average Bonchev–Trinajstić information content (AvgIpc) is 3.31. The normalized spacial score (nSPS) is 19.0. The second kappa shape index (κ2) is 8.44. The molecule has 2 heterocycles. The zero-order valence-corrected chi connectivity index (χ0v) is 16.5. The molecule has 1 aromatic heterocycles. The molecule has 1 aliphatic rings. The molecule has 1 saturated heterocycles. The van der Waals surface area contributed by atoms with E-state index in [0.717, 1.165) is 18.7 Å². The highest BCUT2D eigenvalue weighted by molar-refractivity contribution is 6.46. The number of nitrogens with zero attached hydrogens (tertiary/aromatic N) is 1. The molecule has 1 aliphatic heterocycles. The van der Waals surface area contributed by atoms with Crippen molar-refractivity contribution in [3.8, 4) is 0 Å². The molecule has 3 rings (SSSR count). The van der Waals surface area contributed by atoms with Crippen LogP contribution in [0, 0.1) is 6.92 Å². The van der Waals surface area contributed by atoms with Crippen LogP contribution in [-0.2, 0) is 9.59 Å². The smallest absolute Gasteiger partial charge is 0.295 e. The standard InChI is InChI=1S/C22H26N2O4/c1-4-23(5-2)12-13-24-19(17-7-6-14-28-17)18(21(26)22(24)27)20(25)16-10-8-15(3)9-11-16/h6-11,14,19,25H,4-5,12-13H2,1-3H3/b20-18+. The van der Waals surface area contributed by atoms with Gasteiger partial charge in [0.2, 0.25) is 5.78 Å². The number of carbonyl (C=O) groups is 2. The van der Waals surface area contributed by atoms with E-state index < -0.39 is 23.5 Å². The second-order valence-corrected chi connectivity index (χ2v) is 7.06. The summed E-state index contributed by atoms with van der Waals surface area (Å²) in [6, 6.07) is 9.63. The first-order valence-corrected chi connectivity index (χ1v) is 9.68. The number of amides is 1. The number of nitrogens with one attached hydrogen (secondary N) is 1. The number of rotatable bonds is 7. The lowest BCUT2D eigenvalue weighted by Gasteiger charge is -2.27. The quantitative estimate of drug-likeness (QED) is 0.435. The van der Waals surface area contributed by atoms with E-state index >= 15 is 0 Å². The van der Waals surface area contributed by atoms with Crippen LogP contribution in [0.5, 0.6) is 0 Å². The Kier molecular flexibility index (Phi) is 5.99. The van der Waals surface area contributed by atoms with Crippen LogP contribution in [-0.4, -0.2) is 42.8 Å². The lowest BCUT2D eigenvalue weighted by atomic mass is 9.99. The van der Waals surface area contributed by atoms with Crippen molar-refractivity contribution < 1.29 is 24.0 Å². The van der Waals surface area contributed by atoms with Crippen molar-refractivity contribution >= 4 is 17.4 Å². The van der Waals surface area contributed by atoms with Crippen LogP contribution >= 0.6 is 0 Å². The zero-order valence-electron chi connectivity index (χ0n) is 16.5. The van der Waals surface area contributed by atoms with E-state index in [4.69, 9.17) is 4.42 Å². The highest BCUT2D eigenvalue weighted by Gasteiger charge is 2.45. The van der Waals surface area contributed by atoms with Gasteiger partial charge in [-0.2, -0.15) is 0 Å². The Balaban J connectivity index is 2.03. The minimum atomic E-state index is -0.779. The zero-order chi connectivity index (χ0) is 20.3. The third kappa shape index (κ3) is 3.73. The third-order valence-electron chi connectivity index (χ3n) is 5.36.